The summed E-state index contributed by atoms with van der Waals surface area (Å²) >= 11 is 0. The standard InChI is InChI=1S/Gd.3O.Rh/q+3;3*-2;+3. The Hall–Kier alpha value is 1.83. The maximum atomic E-state index is 0. The van der Waals surface area contributed by atoms with Gasteiger partial charge in [-0.05, 0) is 0 Å². The fraction of sp³-hybridized carbons (Fsp3) is 0. The summed E-state index contributed by atoms with van der Waals surface area (Å²) in [6, 6.07) is 0. The van der Waals surface area contributed by atoms with Crippen molar-refractivity contribution < 1.29 is 75.8 Å². The molecule has 5 heavy (non-hydrogen) atoms. The Kier molecular flexibility index (Phi) is 564. The Morgan fingerprint density at radius 2 is 0.600 bits per heavy atom. The molecule has 0 aliphatic rings. The van der Waals surface area contributed by atoms with Gasteiger partial charge >= 0.3 is 59.4 Å². The van der Waals surface area contributed by atoms with Gasteiger partial charge in [0, 0.05) is 0 Å². The second-order valence-electron chi connectivity index (χ2n) is 0. The van der Waals surface area contributed by atoms with Crippen LogP contribution in [0.25, 0.3) is 0 Å². The van der Waals surface area contributed by atoms with E-state index in [1.165, 1.54) is 0 Å². The molecule has 0 amide bonds. The van der Waals surface area contributed by atoms with Gasteiger partial charge in [0.25, 0.3) is 0 Å². The first-order valence-corrected chi connectivity index (χ1v) is 0. The molecule has 0 aliphatic carbocycles. The summed E-state index contributed by atoms with van der Waals surface area (Å²) in [5, 5.41) is 0. The first-order valence-electron chi connectivity index (χ1n) is 0. The van der Waals surface area contributed by atoms with Crippen LogP contribution in [0.3, 0.4) is 0 Å². The van der Waals surface area contributed by atoms with Gasteiger partial charge in [0.1, 0.15) is 0 Å². The molecular weight excluding hydrogens is 308 g/mol. The molecular formula is GdO3Rh. The van der Waals surface area contributed by atoms with Gasteiger partial charge in [-0.15, -0.1) is 0 Å². The molecule has 1 radical (unpaired) electrons. The summed E-state index contributed by atoms with van der Waals surface area (Å²) in [7, 11) is 0. The Labute approximate surface area is 74.9 Å². The van der Waals surface area contributed by atoms with Crippen LogP contribution < -0.4 is 0 Å². The minimum Gasteiger partial charge on any atom is -2.00 e. The van der Waals surface area contributed by atoms with Crippen LogP contribution in [-0.4, -0.2) is 0 Å². The van der Waals surface area contributed by atoms with E-state index in [0.717, 1.165) is 0 Å². The monoisotopic (exact) mass is 309 g/mol. The van der Waals surface area contributed by atoms with Crippen LogP contribution in [0.5, 0.6) is 0 Å². The largest absolute Gasteiger partial charge is 3.00 e. The molecule has 0 aromatic carbocycles. The first-order chi connectivity index (χ1) is 0. The maximum Gasteiger partial charge on any atom is 3.00 e. The molecule has 0 rings (SSSR count). The van der Waals surface area contributed by atoms with E-state index in [0.29, 0.717) is 0 Å². The van der Waals surface area contributed by atoms with Crippen LogP contribution in [0, 0.1) is 39.9 Å². The average molecular weight is 308 g/mol. The molecule has 5 heteroatoms. The third-order valence-electron chi connectivity index (χ3n) is 0. The molecule has 0 atom stereocenters. The quantitative estimate of drug-likeness (QED) is 0.547. The Balaban J connectivity index is 0. The molecule has 0 saturated carbocycles. The zero-order valence-electron chi connectivity index (χ0n) is 1.91. The molecule has 35 valence electrons. The molecule has 0 unspecified atom stereocenters. The maximum absolute atomic E-state index is 0. The van der Waals surface area contributed by atoms with E-state index in [1.54, 1.807) is 0 Å². The predicted octanol–water partition coefficient (Wildman–Crippen LogP) is -0.359. The number of rotatable bonds is 0. The molecule has 0 heterocycles. The van der Waals surface area contributed by atoms with Crippen LogP contribution in [0.15, 0.2) is 0 Å². The van der Waals surface area contributed by atoms with Crippen molar-refractivity contribution in [3.05, 3.63) is 0 Å². The third-order valence-corrected chi connectivity index (χ3v) is 0. The zero-order chi connectivity index (χ0) is 0. The van der Waals surface area contributed by atoms with E-state index in [-0.39, 0.29) is 75.8 Å². The van der Waals surface area contributed by atoms with Gasteiger partial charge in [-0.2, -0.15) is 0 Å². The van der Waals surface area contributed by atoms with Gasteiger partial charge in [0.2, 0.25) is 0 Å². The minimum absolute atomic E-state index is 0. The molecule has 0 aromatic heterocycles. The molecule has 3 nitrogen and oxygen atoms in total. The van der Waals surface area contributed by atoms with Gasteiger partial charge in [0.15, 0.2) is 0 Å². The van der Waals surface area contributed by atoms with Crippen LogP contribution in [0.4, 0.5) is 0 Å². The third kappa shape index (κ3) is 25.6. The van der Waals surface area contributed by atoms with E-state index in [9.17, 15) is 0 Å². The molecule has 0 bridgehead atoms. The van der Waals surface area contributed by atoms with Crippen molar-refractivity contribution in [1.82, 2.24) is 0 Å². The molecule has 0 aromatic rings. The SMILES string of the molecule is [Gd+3].[O-2].[O-2].[O-2].[Rh+3]. The van der Waals surface area contributed by atoms with E-state index < -0.39 is 0 Å². The van der Waals surface area contributed by atoms with Crippen LogP contribution >= 0.6 is 0 Å². The van der Waals surface area contributed by atoms with Crippen molar-refractivity contribution in [1.29, 1.82) is 0 Å². The van der Waals surface area contributed by atoms with E-state index >= 15 is 0 Å². The summed E-state index contributed by atoms with van der Waals surface area (Å²) in [6.07, 6.45) is 0. The van der Waals surface area contributed by atoms with E-state index in [4.69, 9.17) is 0 Å². The summed E-state index contributed by atoms with van der Waals surface area (Å²) < 4.78 is 0. The summed E-state index contributed by atoms with van der Waals surface area (Å²) in [4.78, 5) is 0. The Morgan fingerprint density at radius 1 is 0.600 bits per heavy atom. The minimum atomic E-state index is 0. The summed E-state index contributed by atoms with van der Waals surface area (Å²) in [6.45, 7) is 0. The van der Waals surface area contributed by atoms with Gasteiger partial charge in [-0.3, -0.25) is 0 Å². The van der Waals surface area contributed by atoms with Crippen molar-refractivity contribution in [2.45, 2.75) is 0 Å². The van der Waals surface area contributed by atoms with Crippen molar-refractivity contribution in [3.63, 3.8) is 0 Å². The molecule has 0 saturated heterocycles. The topological polar surface area (TPSA) is 85.5 Å². The van der Waals surface area contributed by atoms with Gasteiger partial charge in [-0.1, -0.05) is 0 Å². The fourth-order valence-corrected chi connectivity index (χ4v) is 0. The Morgan fingerprint density at radius 3 is 0.600 bits per heavy atom. The summed E-state index contributed by atoms with van der Waals surface area (Å²) in [5.74, 6) is 0. The van der Waals surface area contributed by atoms with Gasteiger partial charge in [-0.25, -0.2) is 0 Å². The molecule has 0 spiro atoms. The van der Waals surface area contributed by atoms with Crippen LogP contribution in [-0.2, 0) is 35.9 Å². The van der Waals surface area contributed by atoms with Crippen LogP contribution in [0.2, 0.25) is 0 Å². The normalized spacial score (nSPS) is 0. The number of hydrogen-bond acceptors (Lipinski definition) is 0. The van der Waals surface area contributed by atoms with Crippen molar-refractivity contribution in [3.8, 4) is 0 Å². The average Bonchev–Trinajstić information content (AvgIpc) is 0. The molecule has 0 N–H and O–H groups in total. The predicted molar refractivity (Wildman–Crippen MR) is 2.06 cm³/mol. The van der Waals surface area contributed by atoms with Crippen LogP contribution in [0.1, 0.15) is 0 Å². The van der Waals surface area contributed by atoms with Crippen molar-refractivity contribution in [2.75, 3.05) is 0 Å². The Bertz CT molecular complexity index is 6.85. The zero-order valence-corrected chi connectivity index (χ0v) is 5.82. The molecule has 0 aliphatic heterocycles. The molecule has 0 fully saturated rings. The second kappa shape index (κ2) is 40.7. The smallest absolute Gasteiger partial charge is 2.00 e. The first kappa shape index (κ1) is 69.4. The number of hydrogen-bond donors (Lipinski definition) is 0. The van der Waals surface area contributed by atoms with Gasteiger partial charge in [0.05, 0.1) is 0 Å². The van der Waals surface area contributed by atoms with Crippen molar-refractivity contribution >= 4 is 0 Å². The van der Waals surface area contributed by atoms with E-state index in [2.05, 4.69) is 0 Å². The van der Waals surface area contributed by atoms with Crippen molar-refractivity contribution in [2.24, 2.45) is 0 Å². The fourth-order valence-electron chi connectivity index (χ4n) is 0. The summed E-state index contributed by atoms with van der Waals surface area (Å²) in [5.41, 5.74) is 0. The van der Waals surface area contributed by atoms with Gasteiger partial charge < -0.3 is 16.4 Å². The van der Waals surface area contributed by atoms with E-state index in [1.807, 2.05) is 0 Å². The second-order valence-corrected chi connectivity index (χ2v) is 0.